The van der Waals surface area contributed by atoms with E-state index in [2.05, 4.69) is 10.6 Å². The summed E-state index contributed by atoms with van der Waals surface area (Å²) in [6, 6.07) is 5.79. The Kier molecular flexibility index (Phi) is 4.55. The Bertz CT molecular complexity index is 491. The fraction of sp³-hybridized carbons (Fsp3) is 0.308. The van der Waals surface area contributed by atoms with Gasteiger partial charge >= 0.3 is 0 Å². The SMILES string of the molecule is CC(=O)Nc1ccsc1CNCCc1ccco1. The van der Waals surface area contributed by atoms with Crippen molar-refractivity contribution in [1.82, 2.24) is 5.32 Å². The van der Waals surface area contributed by atoms with Gasteiger partial charge in [0.2, 0.25) is 5.91 Å². The van der Waals surface area contributed by atoms with Gasteiger partial charge in [-0.1, -0.05) is 0 Å². The summed E-state index contributed by atoms with van der Waals surface area (Å²) in [6.45, 7) is 3.13. The number of rotatable bonds is 6. The van der Waals surface area contributed by atoms with Gasteiger partial charge in [-0.2, -0.15) is 0 Å². The average Bonchev–Trinajstić information content (AvgIpc) is 2.95. The number of nitrogens with one attached hydrogen (secondary N) is 2. The van der Waals surface area contributed by atoms with Crippen LogP contribution in [0.2, 0.25) is 0 Å². The maximum Gasteiger partial charge on any atom is 0.221 e. The second kappa shape index (κ2) is 6.37. The monoisotopic (exact) mass is 264 g/mol. The van der Waals surface area contributed by atoms with Crippen LogP contribution in [-0.2, 0) is 17.8 Å². The standard InChI is InChI=1S/C13H16N2O2S/c1-10(16)15-12-5-8-18-13(12)9-14-6-4-11-3-2-7-17-11/h2-3,5,7-8,14H,4,6,9H2,1H3,(H,15,16). The highest BCUT2D eigenvalue weighted by atomic mass is 32.1. The molecule has 2 aromatic rings. The molecule has 0 saturated heterocycles. The molecule has 1 amide bonds. The molecule has 5 heteroatoms. The average molecular weight is 264 g/mol. The number of amides is 1. The van der Waals surface area contributed by atoms with Gasteiger partial charge in [-0.3, -0.25) is 4.79 Å². The van der Waals surface area contributed by atoms with Gasteiger partial charge in [0.15, 0.2) is 0 Å². The third-order valence-corrected chi connectivity index (χ3v) is 3.39. The number of furan rings is 1. The first kappa shape index (κ1) is 12.9. The molecule has 0 unspecified atom stereocenters. The Morgan fingerprint density at radius 2 is 2.33 bits per heavy atom. The van der Waals surface area contributed by atoms with Crippen molar-refractivity contribution in [3.63, 3.8) is 0 Å². The molecule has 0 aromatic carbocycles. The van der Waals surface area contributed by atoms with E-state index >= 15 is 0 Å². The van der Waals surface area contributed by atoms with Gasteiger partial charge in [-0.05, 0) is 23.6 Å². The van der Waals surface area contributed by atoms with Gasteiger partial charge in [-0.25, -0.2) is 0 Å². The van der Waals surface area contributed by atoms with E-state index in [0.717, 1.165) is 35.8 Å². The molecule has 0 aliphatic rings. The summed E-state index contributed by atoms with van der Waals surface area (Å²) in [5.74, 6) is 0.945. The van der Waals surface area contributed by atoms with Crippen molar-refractivity contribution in [2.75, 3.05) is 11.9 Å². The normalized spacial score (nSPS) is 10.5. The van der Waals surface area contributed by atoms with E-state index in [1.54, 1.807) is 17.6 Å². The second-order valence-corrected chi connectivity index (χ2v) is 4.95. The molecule has 0 fully saturated rings. The van der Waals surface area contributed by atoms with Crippen molar-refractivity contribution in [1.29, 1.82) is 0 Å². The lowest BCUT2D eigenvalue weighted by Crippen LogP contribution is -2.17. The number of hydrogen-bond acceptors (Lipinski definition) is 4. The van der Waals surface area contributed by atoms with Crippen LogP contribution in [0, 0.1) is 0 Å². The minimum atomic E-state index is -0.0368. The highest BCUT2D eigenvalue weighted by molar-refractivity contribution is 7.10. The van der Waals surface area contributed by atoms with Gasteiger partial charge in [0, 0.05) is 31.3 Å². The Morgan fingerprint density at radius 1 is 1.44 bits per heavy atom. The van der Waals surface area contributed by atoms with Gasteiger partial charge in [-0.15, -0.1) is 11.3 Å². The number of hydrogen-bond donors (Lipinski definition) is 2. The van der Waals surface area contributed by atoms with E-state index < -0.39 is 0 Å². The van der Waals surface area contributed by atoms with Crippen LogP contribution in [0.4, 0.5) is 5.69 Å². The second-order valence-electron chi connectivity index (χ2n) is 3.94. The zero-order valence-electron chi connectivity index (χ0n) is 10.2. The molecule has 0 radical (unpaired) electrons. The van der Waals surface area contributed by atoms with Crippen LogP contribution in [0.3, 0.4) is 0 Å². The topological polar surface area (TPSA) is 54.3 Å². The lowest BCUT2D eigenvalue weighted by atomic mass is 10.3. The molecule has 2 N–H and O–H groups in total. The molecule has 96 valence electrons. The third-order valence-electron chi connectivity index (χ3n) is 2.47. The number of anilines is 1. The summed E-state index contributed by atoms with van der Waals surface area (Å²) in [6.07, 6.45) is 2.55. The highest BCUT2D eigenvalue weighted by Crippen LogP contribution is 2.21. The summed E-state index contributed by atoms with van der Waals surface area (Å²) in [4.78, 5) is 12.2. The molecule has 0 aliphatic carbocycles. The molecule has 0 saturated carbocycles. The molecular formula is C13H16N2O2S. The quantitative estimate of drug-likeness (QED) is 0.789. The lowest BCUT2D eigenvalue weighted by Gasteiger charge is -2.05. The van der Waals surface area contributed by atoms with Crippen LogP contribution in [0.5, 0.6) is 0 Å². The summed E-state index contributed by atoms with van der Waals surface area (Å²) < 4.78 is 5.25. The fourth-order valence-electron chi connectivity index (χ4n) is 1.65. The smallest absolute Gasteiger partial charge is 0.221 e. The number of carbonyl (C=O) groups is 1. The Hall–Kier alpha value is -1.59. The highest BCUT2D eigenvalue weighted by Gasteiger charge is 2.05. The van der Waals surface area contributed by atoms with Crippen LogP contribution in [0.1, 0.15) is 17.6 Å². The molecule has 0 bridgehead atoms. The zero-order chi connectivity index (χ0) is 12.8. The van der Waals surface area contributed by atoms with Crippen molar-refractivity contribution in [2.45, 2.75) is 19.9 Å². The Labute approximate surface area is 110 Å². The molecule has 2 heterocycles. The summed E-state index contributed by atoms with van der Waals surface area (Å²) in [5.41, 5.74) is 0.901. The van der Waals surface area contributed by atoms with E-state index in [9.17, 15) is 4.79 Å². The third kappa shape index (κ3) is 3.72. The molecular weight excluding hydrogens is 248 g/mol. The van der Waals surface area contributed by atoms with Gasteiger partial charge in [0.25, 0.3) is 0 Å². The van der Waals surface area contributed by atoms with Gasteiger partial charge < -0.3 is 15.1 Å². The van der Waals surface area contributed by atoms with E-state index in [1.807, 2.05) is 23.6 Å². The fourth-order valence-corrected chi connectivity index (χ4v) is 2.45. The first-order valence-corrected chi connectivity index (χ1v) is 6.70. The van der Waals surface area contributed by atoms with E-state index in [-0.39, 0.29) is 5.91 Å². The van der Waals surface area contributed by atoms with Crippen LogP contribution in [-0.4, -0.2) is 12.5 Å². The van der Waals surface area contributed by atoms with E-state index in [4.69, 9.17) is 4.42 Å². The summed E-state index contributed by atoms with van der Waals surface area (Å²) >= 11 is 1.64. The Morgan fingerprint density at radius 3 is 3.06 bits per heavy atom. The van der Waals surface area contributed by atoms with E-state index in [1.165, 1.54) is 6.92 Å². The van der Waals surface area contributed by atoms with Crippen molar-refractivity contribution in [2.24, 2.45) is 0 Å². The first-order valence-electron chi connectivity index (χ1n) is 5.83. The largest absolute Gasteiger partial charge is 0.469 e. The van der Waals surface area contributed by atoms with Gasteiger partial charge in [0.1, 0.15) is 5.76 Å². The number of thiophene rings is 1. The van der Waals surface area contributed by atoms with Gasteiger partial charge in [0.05, 0.1) is 12.0 Å². The molecule has 18 heavy (non-hydrogen) atoms. The molecule has 0 atom stereocenters. The summed E-state index contributed by atoms with van der Waals surface area (Å²) in [5, 5.41) is 8.14. The van der Waals surface area contributed by atoms with E-state index in [0.29, 0.717) is 0 Å². The van der Waals surface area contributed by atoms with Crippen molar-refractivity contribution < 1.29 is 9.21 Å². The maximum atomic E-state index is 11.0. The minimum Gasteiger partial charge on any atom is -0.469 e. The lowest BCUT2D eigenvalue weighted by molar-refractivity contribution is -0.114. The van der Waals surface area contributed by atoms with Crippen molar-refractivity contribution in [3.8, 4) is 0 Å². The minimum absolute atomic E-state index is 0.0368. The van der Waals surface area contributed by atoms with Crippen molar-refractivity contribution >= 4 is 22.9 Å². The first-order chi connectivity index (χ1) is 8.75. The van der Waals surface area contributed by atoms with Crippen LogP contribution in [0.15, 0.2) is 34.3 Å². The van der Waals surface area contributed by atoms with Crippen LogP contribution < -0.4 is 10.6 Å². The van der Waals surface area contributed by atoms with Crippen LogP contribution >= 0.6 is 11.3 Å². The summed E-state index contributed by atoms with van der Waals surface area (Å²) in [7, 11) is 0. The molecule has 4 nitrogen and oxygen atoms in total. The maximum absolute atomic E-state index is 11.0. The molecule has 2 aromatic heterocycles. The Balaban J connectivity index is 1.76. The zero-order valence-corrected chi connectivity index (χ0v) is 11.0. The van der Waals surface area contributed by atoms with Crippen molar-refractivity contribution in [3.05, 3.63) is 40.5 Å². The number of carbonyl (C=O) groups excluding carboxylic acids is 1. The molecule has 0 aliphatic heterocycles. The molecule has 0 spiro atoms. The predicted octanol–water partition coefficient (Wildman–Crippen LogP) is 2.63. The predicted molar refractivity (Wildman–Crippen MR) is 72.7 cm³/mol. The van der Waals surface area contributed by atoms with Crippen LogP contribution in [0.25, 0.3) is 0 Å². The molecule has 2 rings (SSSR count).